The maximum atomic E-state index is 13.9. The van der Waals surface area contributed by atoms with Crippen LogP contribution >= 0.6 is 22.9 Å². The molecule has 1 saturated carbocycles. The van der Waals surface area contributed by atoms with Gasteiger partial charge in [0, 0.05) is 23.7 Å². The molecular weight excluding hydrogens is 692 g/mol. The number of carbonyl (C=O) groups is 1. The fourth-order valence-electron chi connectivity index (χ4n) is 6.77. The Kier molecular flexibility index (Phi) is 13.1. The van der Waals surface area contributed by atoms with Gasteiger partial charge in [-0.1, -0.05) is 73.9 Å². The molecule has 1 aliphatic rings. The van der Waals surface area contributed by atoms with E-state index in [1.807, 2.05) is 13.0 Å². The molecule has 2 aromatic rings. The first-order valence-electron chi connectivity index (χ1n) is 16.4. The molecule has 0 saturated heterocycles. The van der Waals surface area contributed by atoms with Gasteiger partial charge in [-0.3, -0.25) is 8.98 Å². The lowest BCUT2D eigenvalue weighted by Gasteiger charge is -2.45. The lowest BCUT2D eigenvalue weighted by molar-refractivity contribution is 0.103. The zero-order valence-electron chi connectivity index (χ0n) is 30.0. The van der Waals surface area contributed by atoms with Crippen molar-refractivity contribution < 1.29 is 26.2 Å². The van der Waals surface area contributed by atoms with Gasteiger partial charge in [0.2, 0.25) is 14.1 Å². The number of halogens is 1. The van der Waals surface area contributed by atoms with E-state index in [0.29, 0.717) is 50.1 Å². The van der Waals surface area contributed by atoms with Gasteiger partial charge in [0.15, 0.2) is 8.32 Å². The number of ketones is 1. The first-order chi connectivity index (χ1) is 21.5. The van der Waals surface area contributed by atoms with E-state index >= 15 is 0 Å². The Hall–Kier alpha value is -1.24. The number of nitrogens with two attached hydrogens (primary N) is 1. The maximum absolute atomic E-state index is 13.9. The molecule has 0 aliphatic heterocycles. The normalized spacial score (nSPS) is 20.4. The molecule has 0 unspecified atom stereocenters. The van der Waals surface area contributed by atoms with Crippen molar-refractivity contribution in [2.45, 2.75) is 135 Å². The minimum absolute atomic E-state index is 0.0282. The van der Waals surface area contributed by atoms with Crippen molar-refractivity contribution in [2.24, 2.45) is 11.1 Å². The number of nitrogens with one attached hydrogen (secondary N) is 1. The molecule has 10 nitrogen and oxygen atoms in total. The number of carbonyl (C=O) groups excluding carboxylic acids is 1. The number of hydrogen-bond acceptors (Lipinski definition) is 10. The highest BCUT2D eigenvalue weighted by Crippen LogP contribution is 2.46. The molecule has 0 spiro atoms. The molecule has 15 heteroatoms. The molecule has 1 aliphatic carbocycles. The predicted molar refractivity (Wildman–Crippen MR) is 197 cm³/mol. The summed E-state index contributed by atoms with van der Waals surface area (Å²) >= 11 is 7.91. The SMILES string of the molecule is CC(C)[Si](O[C@H]1C[C@H](Nc2ncncc2C(=O)c2cc([C@H](C)O[Si](C)(C)C(C)(C)C)c(Cl)s2)C[C@@H]1COS(N)(=O)=O)(C(C)C)C(C)C. The van der Waals surface area contributed by atoms with E-state index in [-0.39, 0.29) is 41.6 Å². The second-order valence-electron chi connectivity index (χ2n) is 15.3. The average Bonchev–Trinajstić information content (AvgIpc) is 3.51. The number of anilines is 1. The van der Waals surface area contributed by atoms with Gasteiger partial charge in [0.05, 0.1) is 33.6 Å². The second-order valence-corrected chi connectivity index (χ2v) is 28.3. The van der Waals surface area contributed by atoms with Crippen LogP contribution in [0.4, 0.5) is 5.82 Å². The summed E-state index contributed by atoms with van der Waals surface area (Å²) in [4.78, 5) is 23.0. The fourth-order valence-corrected chi connectivity index (χ4v) is 15.5. The zero-order chi connectivity index (χ0) is 35.7. The van der Waals surface area contributed by atoms with Crippen LogP contribution in [0.3, 0.4) is 0 Å². The predicted octanol–water partition coefficient (Wildman–Crippen LogP) is 8.48. The van der Waals surface area contributed by atoms with Crippen LogP contribution < -0.4 is 10.5 Å². The van der Waals surface area contributed by atoms with Crippen LogP contribution in [-0.4, -0.2) is 59.6 Å². The minimum Gasteiger partial charge on any atom is -0.413 e. The van der Waals surface area contributed by atoms with E-state index in [0.717, 1.165) is 5.56 Å². The minimum atomic E-state index is -4.12. The molecule has 2 heterocycles. The highest BCUT2D eigenvalue weighted by molar-refractivity contribution is 7.84. The van der Waals surface area contributed by atoms with Crippen LogP contribution in [0.25, 0.3) is 0 Å². The van der Waals surface area contributed by atoms with E-state index in [1.165, 1.54) is 23.9 Å². The van der Waals surface area contributed by atoms with Crippen LogP contribution in [0, 0.1) is 5.92 Å². The molecule has 3 rings (SSSR count). The molecule has 0 amide bonds. The van der Waals surface area contributed by atoms with E-state index in [1.54, 1.807) is 0 Å². The second kappa shape index (κ2) is 15.3. The van der Waals surface area contributed by atoms with Crippen LogP contribution in [0.1, 0.15) is 109 Å². The summed E-state index contributed by atoms with van der Waals surface area (Å²) in [6, 6.07) is 1.66. The topological polar surface area (TPSA) is 143 Å². The van der Waals surface area contributed by atoms with Crippen LogP contribution in [0.15, 0.2) is 18.6 Å². The molecule has 266 valence electrons. The van der Waals surface area contributed by atoms with Gasteiger partial charge in [0.1, 0.15) is 12.1 Å². The van der Waals surface area contributed by atoms with E-state index in [2.05, 4.69) is 90.7 Å². The number of hydrogen-bond donors (Lipinski definition) is 2. The average molecular weight is 748 g/mol. The lowest BCUT2D eigenvalue weighted by Crippen LogP contribution is -2.51. The van der Waals surface area contributed by atoms with E-state index in [4.69, 9.17) is 29.8 Å². The van der Waals surface area contributed by atoms with Gasteiger partial charge in [-0.25, -0.2) is 15.1 Å². The van der Waals surface area contributed by atoms with Crippen LogP contribution in [0.2, 0.25) is 39.1 Å². The Labute approximate surface area is 293 Å². The van der Waals surface area contributed by atoms with Gasteiger partial charge in [0.25, 0.3) is 0 Å². The third-order valence-corrected chi connectivity index (χ3v) is 22.6. The standard InChI is InChI=1S/C32H55ClN4O6S2Si2/c1-19(2)47(20(3)4,21(5)6)43-27-14-24(13-23(27)17-41-45(34,39)40)37-31-26(16-35-18-36-31)29(38)28-15-25(30(33)44-28)22(7)42-46(11,12)32(8,9)10/h15-16,18-24,27H,13-14,17H2,1-12H3,(H2,34,39,40)(H,35,36,37)/t22-,23+,24+,27-/m0/s1. The Bertz CT molecular complexity index is 1470. The molecular formula is C32H55ClN4O6S2Si2. The number of aromatic nitrogens is 2. The molecule has 47 heavy (non-hydrogen) atoms. The quantitative estimate of drug-likeness (QED) is 0.136. The molecule has 3 N–H and O–H groups in total. The smallest absolute Gasteiger partial charge is 0.333 e. The summed E-state index contributed by atoms with van der Waals surface area (Å²) in [7, 11) is -8.50. The summed E-state index contributed by atoms with van der Waals surface area (Å²) < 4.78 is 42.8. The lowest BCUT2D eigenvalue weighted by atomic mass is 10.1. The van der Waals surface area contributed by atoms with Crippen molar-refractivity contribution in [1.82, 2.24) is 9.97 Å². The third-order valence-electron chi connectivity index (χ3n) is 10.1. The van der Waals surface area contributed by atoms with Gasteiger partial charge in [-0.15, -0.1) is 11.3 Å². The molecule has 2 aromatic heterocycles. The van der Waals surface area contributed by atoms with Crippen LogP contribution in [0.5, 0.6) is 0 Å². The summed E-state index contributed by atoms with van der Waals surface area (Å²) in [6.45, 7) is 26.1. The Morgan fingerprint density at radius 2 is 1.70 bits per heavy atom. The number of nitrogens with zero attached hydrogens (tertiary/aromatic N) is 2. The molecule has 0 aromatic carbocycles. The van der Waals surface area contributed by atoms with Crippen molar-refractivity contribution in [3.63, 3.8) is 0 Å². The Balaban J connectivity index is 1.88. The van der Waals surface area contributed by atoms with Crippen molar-refractivity contribution in [3.05, 3.63) is 38.9 Å². The summed E-state index contributed by atoms with van der Waals surface area (Å²) in [6.07, 6.45) is 3.53. The van der Waals surface area contributed by atoms with Gasteiger partial charge in [-0.2, -0.15) is 8.42 Å². The van der Waals surface area contributed by atoms with Crippen LogP contribution in [-0.2, 0) is 23.3 Å². The Morgan fingerprint density at radius 1 is 1.11 bits per heavy atom. The third kappa shape index (κ3) is 9.51. The first-order valence-corrected chi connectivity index (χ1v) is 24.1. The summed E-state index contributed by atoms with van der Waals surface area (Å²) in [5.74, 6) is -0.0639. The molecule has 0 bridgehead atoms. The van der Waals surface area contributed by atoms with Crippen molar-refractivity contribution in [2.75, 3.05) is 11.9 Å². The molecule has 4 atom stereocenters. The number of thiophene rings is 1. The van der Waals surface area contributed by atoms with Gasteiger partial charge in [-0.05, 0) is 60.6 Å². The molecule has 1 fully saturated rings. The Morgan fingerprint density at radius 3 is 2.23 bits per heavy atom. The number of rotatable bonds is 15. The summed E-state index contributed by atoms with van der Waals surface area (Å²) in [5.41, 5.74) is 2.15. The van der Waals surface area contributed by atoms with Crippen molar-refractivity contribution >= 4 is 61.5 Å². The zero-order valence-corrected chi connectivity index (χ0v) is 34.4. The fraction of sp³-hybridized carbons (Fsp3) is 0.719. The first kappa shape index (κ1) is 40.2. The highest BCUT2D eigenvalue weighted by Gasteiger charge is 2.49. The monoisotopic (exact) mass is 746 g/mol. The van der Waals surface area contributed by atoms with E-state index < -0.39 is 26.9 Å². The van der Waals surface area contributed by atoms with Crippen molar-refractivity contribution in [1.29, 1.82) is 0 Å². The highest BCUT2D eigenvalue weighted by atomic mass is 35.5. The molecule has 0 radical (unpaired) electrons. The summed E-state index contributed by atoms with van der Waals surface area (Å²) in [5, 5.41) is 8.70. The van der Waals surface area contributed by atoms with Gasteiger partial charge < -0.3 is 14.2 Å². The van der Waals surface area contributed by atoms with Crippen molar-refractivity contribution in [3.8, 4) is 0 Å². The maximum Gasteiger partial charge on any atom is 0.333 e. The largest absolute Gasteiger partial charge is 0.413 e. The van der Waals surface area contributed by atoms with E-state index in [9.17, 15) is 13.2 Å². The van der Waals surface area contributed by atoms with Gasteiger partial charge >= 0.3 is 10.3 Å².